The van der Waals surface area contributed by atoms with Crippen LogP contribution in [0, 0.1) is 0 Å². The lowest BCUT2D eigenvalue weighted by Gasteiger charge is -2.31. The Morgan fingerprint density at radius 2 is 1.83 bits per heavy atom. The van der Waals surface area contributed by atoms with Crippen molar-refractivity contribution in [1.82, 2.24) is 5.32 Å². The van der Waals surface area contributed by atoms with Crippen molar-refractivity contribution in [2.45, 2.75) is 58.4 Å². The Morgan fingerprint density at radius 3 is 2.28 bits per heavy atom. The second-order valence-electron chi connectivity index (χ2n) is 4.50. The Morgan fingerprint density at radius 1 is 1.22 bits per heavy atom. The number of unbranched alkanes of at least 4 members (excludes halogenated alkanes) is 2. The van der Waals surface area contributed by atoms with E-state index in [1.54, 1.807) is 0 Å². The fourth-order valence-electron chi connectivity index (χ4n) is 1.72. The summed E-state index contributed by atoms with van der Waals surface area (Å²) in [6.07, 6.45) is 5.03. The molecule has 5 heteroatoms. The van der Waals surface area contributed by atoms with E-state index in [0.29, 0.717) is 13.2 Å². The summed E-state index contributed by atoms with van der Waals surface area (Å²) in [4.78, 5) is 11.7. The van der Waals surface area contributed by atoms with Crippen molar-refractivity contribution in [3.63, 3.8) is 0 Å². The number of hydrogen-bond donors (Lipinski definition) is 2. The molecule has 0 aromatic heterocycles. The third-order valence-corrected chi connectivity index (χ3v) is 3.27. The zero-order valence-electron chi connectivity index (χ0n) is 12.0. The molecule has 0 heterocycles. The van der Waals surface area contributed by atoms with E-state index in [0.717, 1.165) is 32.1 Å². The van der Waals surface area contributed by atoms with Crippen LogP contribution in [0.2, 0.25) is 0 Å². The second-order valence-corrected chi connectivity index (χ2v) is 4.50. The molecule has 0 atom stereocenters. The maximum absolute atomic E-state index is 11.7. The monoisotopic (exact) mass is 280 g/mol. The van der Waals surface area contributed by atoms with Crippen molar-refractivity contribution < 1.29 is 9.53 Å². The first-order valence-corrected chi connectivity index (χ1v) is 6.73. The molecule has 0 aliphatic carbocycles. The summed E-state index contributed by atoms with van der Waals surface area (Å²) in [6.45, 7) is 7.50. The Hall–Kier alpha value is -0.320. The van der Waals surface area contributed by atoms with Crippen LogP contribution in [-0.4, -0.2) is 31.2 Å². The maximum atomic E-state index is 11.7. The summed E-state index contributed by atoms with van der Waals surface area (Å²) in [7, 11) is 0. The summed E-state index contributed by atoms with van der Waals surface area (Å²) < 4.78 is 5.32. The molecule has 3 N–H and O–H groups in total. The number of ether oxygens (including phenoxy) is 1. The molecule has 0 aliphatic heterocycles. The molecule has 0 rings (SSSR count). The molecule has 0 fully saturated rings. The minimum Gasteiger partial charge on any atom is -0.372 e. The highest BCUT2D eigenvalue weighted by Gasteiger charge is 2.25. The molecule has 0 aromatic rings. The van der Waals surface area contributed by atoms with Gasteiger partial charge in [0.25, 0.3) is 0 Å². The van der Waals surface area contributed by atoms with Gasteiger partial charge in [-0.3, -0.25) is 4.79 Å². The molecule has 0 radical (unpaired) electrons. The van der Waals surface area contributed by atoms with Gasteiger partial charge in [0.2, 0.25) is 5.91 Å². The Bertz CT molecular complexity index is 201. The largest absolute Gasteiger partial charge is 0.372 e. The number of nitrogens with two attached hydrogens (primary N) is 1. The van der Waals surface area contributed by atoms with E-state index in [9.17, 15) is 4.79 Å². The standard InChI is InChI=1S/C13H28N2O2.ClH/c1-4-7-8-9-17-10-12(16)15-13(5-2,6-3)11-14;/h4-11,14H2,1-3H3,(H,15,16);1H. The van der Waals surface area contributed by atoms with Gasteiger partial charge < -0.3 is 15.8 Å². The molecular formula is C13H29ClN2O2. The number of hydrogen-bond acceptors (Lipinski definition) is 3. The van der Waals surface area contributed by atoms with Crippen LogP contribution in [-0.2, 0) is 9.53 Å². The van der Waals surface area contributed by atoms with E-state index in [4.69, 9.17) is 10.5 Å². The number of carbonyl (C=O) groups is 1. The molecule has 110 valence electrons. The zero-order valence-corrected chi connectivity index (χ0v) is 12.8. The number of halogens is 1. The van der Waals surface area contributed by atoms with Crippen molar-refractivity contribution in [3.05, 3.63) is 0 Å². The normalized spacial score (nSPS) is 10.9. The third kappa shape index (κ3) is 7.90. The fraction of sp³-hybridized carbons (Fsp3) is 0.923. The van der Waals surface area contributed by atoms with E-state index in [2.05, 4.69) is 12.2 Å². The molecule has 0 bridgehead atoms. The Balaban J connectivity index is 0. The number of amides is 1. The zero-order chi connectivity index (χ0) is 13.1. The second kappa shape index (κ2) is 11.8. The van der Waals surface area contributed by atoms with Crippen molar-refractivity contribution >= 4 is 18.3 Å². The molecule has 0 aromatic carbocycles. The average molecular weight is 281 g/mol. The Labute approximate surface area is 117 Å². The maximum Gasteiger partial charge on any atom is 0.246 e. The van der Waals surface area contributed by atoms with E-state index >= 15 is 0 Å². The Kier molecular flexibility index (Phi) is 13.1. The van der Waals surface area contributed by atoms with Crippen molar-refractivity contribution in [2.24, 2.45) is 5.73 Å². The van der Waals surface area contributed by atoms with E-state index in [1.807, 2.05) is 13.8 Å². The highest BCUT2D eigenvalue weighted by atomic mass is 35.5. The number of rotatable bonds is 10. The van der Waals surface area contributed by atoms with Gasteiger partial charge in [-0.25, -0.2) is 0 Å². The van der Waals surface area contributed by atoms with E-state index in [-0.39, 0.29) is 30.5 Å². The van der Waals surface area contributed by atoms with Crippen LogP contribution in [0.4, 0.5) is 0 Å². The van der Waals surface area contributed by atoms with Crippen LogP contribution >= 0.6 is 12.4 Å². The summed E-state index contributed by atoms with van der Waals surface area (Å²) in [5, 5.41) is 2.98. The third-order valence-electron chi connectivity index (χ3n) is 3.27. The SMILES string of the molecule is CCCCCOCC(=O)NC(CC)(CC)CN.Cl. The van der Waals surface area contributed by atoms with Crippen molar-refractivity contribution in [2.75, 3.05) is 19.8 Å². The fourth-order valence-corrected chi connectivity index (χ4v) is 1.72. The molecule has 0 aliphatic rings. The smallest absolute Gasteiger partial charge is 0.246 e. The summed E-state index contributed by atoms with van der Waals surface area (Å²) in [5.41, 5.74) is 5.46. The van der Waals surface area contributed by atoms with Gasteiger partial charge in [0, 0.05) is 13.2 Å². The first-order chi connectivity index (χ1) is 8.14. The van der Waals surface area contributed by atoms with E-state index < -0.39 is 0 Å². The minimum atomic E-state index is -0.260. The van der Waals surface area contributed by atoms with Gasteiger partial charge in [0.15, 0.2) is 0 Å². The first-order valence-electron chi connectivity index (χ1n) is 6.73. The predicted molar refractivity (Wildman–Crippen MR) is 78.1 cm³/mol. The number of nitrogens with one attached hydrogen (secondary N) is 1. The van der Waals surface area contributed by atoms with Gasteiger partial charge in [0.05, 0.1) is 5.54 Å². The molecule has 0 spiro atoms. The molecule has 0 unspecified atom stereocenters. The van der Waals surface area contributed by atoms with Crippen molar-refractivity contribution in [1.29, 1.82) is 0 Å². The summed E-state index contributed by atoms with van der Waals surface area (Å²) >= 11 is 0. The van der Waals surface area contributed by atoms with Gasteiger partial charge in [-0.05, 0) is 19.3 Å². The molecule has 1 amide bonds. The van der Waals surface area contributed by atoms with Gasteiger partial charge in [0.1, 0.15) is 6.61 Å². The van der Waals surface area contributed by atoms with Crippen molar-refractivity contribution in [3.8, 4) is 0 Å². The van der Waals surface area contributed by atoms with Crippen LogP contribution in [0.15, 0.2) is 0 Å². The predicted octanol–water partition coefficient (Wildman–Crippen LogP) is 2.25. The van der Waals surface area contributed by atoms with Gasteiger partial charge in [-0.2, -0.15) is 0 Å². The van der Waals surface area contributed by atoms with Gasteiger partial charge >= 0.3 is 0 Å². The van der Waals surface area contributed by atoms with Crippen LogP contribution in [0.3, 0.4) is 0 Å². The highest BCUT2D eigenvalue weighted by Crippen LogP contribution is 2.12. The summed E-state index contributed by atoms with van der Waals surface area (Å²) in [6, 6.07) is 0. The van der Waals surface area contributed by atoms with Crippen LogP contribution < -0.4 is 11.1 Å². The van der Waals surface area contributed by atoms with Gasteiger partial charge in [-0.15, -0.1) is 12.4 Å². The lowest BCUT2D eigenvalue weighted by Crippen LogP contribution is -2.53. The lowest BCUT2D eigenvalue weighted by atomic mass is 9.93. The first kappa shape index (κ1) is 20.0. The average Bonchev–Trinajstić information content (AvgIpc) is 2.36. The topological polar surface area (TPSA) is 64.3 Å². The molecule has 0 saturated heterocycles. The van der Waals surface area contributed by atoms with E-state index in [1.165, 1.54) is 0 Å². The van der Waals surface area contributed by atoms with Crippen LogP contribution in [0.25, 0.3) is 0 Å². The number of carbonyl (C=O) groups excluding carboxylic acids is 1. The lowest BCUT2D eigenvalue weighted by molar-refractivity contribution is -0.127. The minimum absolute atomic E-state index is 0. The molecule has 18 heavy (non-hydrogen) atoms. The van der Waals surface area contributed by atoms with Crippen LogP contribution in [0.5, 0.6) is 0 Å². The summed E-state index contributed by atoms with van der Waals surface area (Å²) in [5.74, 6) is -0.0596. The highest BCUT2D eigenvalue weighted by molar-refractivity contribution is 5.85. The molecule has 4 nitrogen and oxygen atoms in total. The molecule has 0 saturated carbocycles. The van der Waals surface area contributed by atoms with Gasteiger partial charge in [-0.1, -0.05) is 33.6 Å². The molecular weight excluding hydrogens is 252 g/mol. The van der Waals surface area contributed by atoms with Crippen LogP contribution in [0.1, 0.15) is 52.9 Å². The quantitative estimate of drug-likeness (QED) is 0.603.